The summed E-state index contributed by atoms with van der Waals surface area (Å²) in [6, 6.07) is 13.5. The lowest BCUT2D eigenvalue weighted by Crippen LogP contribution is -2.27. The van der Waals surface area contributed by atoms with Crippen molar-refractivity contribution in [2.45, 2.75) is 27.0 Å². The molecule has 112 valence electrons. The van der Waals surface area contributed by atoms with Crippen molar-refractivity contribution in [1.29, 1.82) is 0 Å². The number of ether oxygens (including phenoxy) is 1. The van der Waals surface area contributed by atoms with Crippen LogP contribution in [-0.4, -0.2) is 12.5 Å². The second-order valence-corrected chi connectivity index (χ2v) is 5.14. The summed E-state index contributed by atoms with van der Waals surface area (Å²) in [7, 11) is 0. The first-order valence-electron chi connectivity index (χ1n) is 7.12. The van der Waals surface area contributed by atoms with E-state index in [0.29, 0.717) is 19.7 Å². The number of furan rings is 1. The van der Waals surface area contributed by atoms with E-state index in [1.807, 2.05) is 56.3 Å². The van der Waals surface area contributed by atoms with E-state index >= 15 is 0 Å². The molecule has 4 nitrogen and oxygen atoms in total. The van der Waals surface area contributed by atoms with Crippen molar-refractivity contribution in [3.63, 3.8) is 0 Å². The lowest BCUT2D eigenvalue weighted by atomic mass is 10.2. The summed E-state index contributed by atoms with van der Waals surface area (Å²) in [5.41, 5.74) is 0.997. The van der Waals surface area contributed by atoms with Gasteiger partial charge in [0.2, 0.25) is 0 Å². The molecular formula is C17H21NO3. The van der Waals surface area contributed by atoms with E-state index < -0.39 is 0 Å². The minimum absolute atomic E-state index is 0.190. The molecule has 0 bridgehead atoms. The molecule has 2 rings (SSSR count). The first-order valence-corrected chi connectivity index (χ1v) is 7.12. The van der Waals surface area contributed by atoms with Gasteiger partial charge in [0.25, 0.3) is 0 Å². The third-order valence-corrected chi connectivity index (χ3v) is 3.17. The predicted molar refractivity (Wildman–Crippen MR) is 80.6 cm³/mol. The zero-order valence-corrected chi connectivity index (χ0v) is 12.5. The number of rotatable bonds is 7. The van der Waals surface area contributed by atoms with Crippen LogP contribution in [0.4, 0.5) is 0 Å². The molecule has 1 unspecified atom stereocenters. The van der Waals surface area contributed by atoms with Crippen LogP contribution in [0.2, 0.25) is 0 Å². The molecule has 0 aliphatic heterocycles. The van der Waals surface area contributed by atoms with Gasteiger partial charge in [-0.15, -0.1) is 0 Å². The minimum Gasteiger partial charge on any atom is -0.465 e. The molecule has 4 heteroatoms. The normalized spacial score (nSPS) is 12.1. The minimum atomic E-state index is -0.193. The van der Waals surface area contributed by atoms with Crippen LogP contribution in [0.5, 0.6) is 0 Å². The molecule has 0 saturated heterocycles. The Morgan fingerprint density at radius 2 is 2.00 bits per heavy atom. The molecule has 0 radical (unpaired) electrons. The molecule has 0 aliphatic rings. The Bertz CT molecular complexity index is 562. The number of hydrogen-bond donors (Lipinski definition) is 1. The summed E-state index contributed by atoms with van der Waals surface area (Å²) in [4.78, 5) is 11.9. The van der Waals surface area contributed by atoms with Gasteiger partial charge in [0, 0.05) is 6.54 Å². The third-order valence-electron chi connectivity index (χ3n) is 3.17. The Morgan fingerprint density at radius 3 is 2.67 bits per heavy atom. The van der Waals surface area contributed by atoms with Crippen LogP contribution < -0.4 is 5.32 Å². The smallest absolute Gasteiger partial charge is 0.310 e. The fraction of sp³-hybridized carbons (Fsp3) is 0.353. The zero-order chi connectivity index (χ0) is 15.1. The van der Waals surface area contributed by atoms with Crippen molar-refractivity contribution >= 4 is 5.97 Å². The lowest BCUT2D eigenvalue weighted by Gasteiger charge is -2.12. The summed E-state index contributed by atoms with van der Waals surface area (Å²) in [6.45, 7) is 5.26. The molecule has 1 aromatic carbocycles. The van der Waals surface area contributed by atoms with Crippen molar-refractivity contribution in [3.05, 3.63) is 59.5 Å². The van der Waals surface area contributed by atoms with Crippen molar-refractivity contribution in [2.75, 3.05) is 6.54 Å². The van der Waals surface area contributed by atoms with E-state index in [4.69, 9.17) is 9.15 Å². The SMILES string of the molecule is Cc1ccc(CNCC(C)C(=O)OCc2ccccc2)o1. The van der Waals surface area contributed by atoms with Gasteiger partial charge in [-0.1, -0.05) is 37.3 Å². The topological polar surface area (TPSA) is 51.5 Å². The summed E-state index contributed by atoms with van der Waals surface area (Å²) in [5.74, 6) is 1.38. The Labute approximate surface area is 125 Å². The monoisotopic (exact) mass is 287 g/mol. The largest absolute Gasteiger partial charge is 0.465 e. The molecular weight excluding hydrogens is 266 g/mol. The number of carbonyl (C=O) groups excluding carboxylic acids is 1. The van der Waals surface area contributed by atoms with Gasteiger partial charge in [-0.25, -0.2) is 0 Å². The van der Waals surface area contributed by atoms with Crippen molar-refractivity contribution in [2.24, 2.45) is 5.92 Å². The van der Waals surface area contributed by atoms with Gasteiger partial charge in [0.15, 0.2) is 0 Å². The fourth-order valence-corrected chi connectivity index (χ4v) is 1.95. The van der Waals surface area contributed by atoms with Crippen LogP contribution >= 0.6 is 0 Å². The van der Waals surface area contributed by atoms with Crippen molar-refractivity contribution in [1.82, 2.24) is 5.32 Å². The maximum Gasteiger partial charge on any atom is 0.310 e. The highest BCUT2D eigenvalue weighted by atomic mass is 16.5. The number of aryl methyl sites for hydroxylation is 1. The average molecular weight is 287 g/mol. The first-order chi connectivity index (χ1) is 10.1. The van der Waals surface area contributed by atoms with E-state index in [9.17, 15) is 4.79 Å². The Kier molecular flexibility index (Phi) is 5.58. The van der Waals surface area contributed by atoms with E-state index in [2.05, 4.69) is 5.32 Å². The highest BCUT2D eigenvalue weighted by Gasteiger charge is 2.14. The predicted octanol–water partition coefficient (Wildman–Crippen LogP) is 3.06. The number of benzene rings is 1. The maximum absolute atomic E-state index is 11.9. The van der Waals surface area contributed by atoms with Crippen LogP contribution in [0.15, 0.2) is 46.9 Å². The van der Waals surface area contributed by atoms with Crippen molar-refractivity contribution < 1.29 is 13.9 Å². The summed E-state index contributed by atoms with van der Waals surface area (Å²) >= 11 is 0. The van der Waals surface area contributed by atoms with E-state index in [-0.39, 0.29) is 11.9 Å². The summed E-state index contributed by atoms with van der Waals surface area (Å²) < 4.78 is 10.7. The lowest BCUT2D eigenvalue weighted by molar-refractivity contribution is -0.149. The quantitative estimate of drug-likeness (QED) is 0.795. The zero-order valence-electron chi connectivity index (χ0n) is 12.5. The van der Waals surface area contributed by atoms with E-state index in [1.165, 1.54) is 0 Å². The van der Waals surface area contributed by atoms with Crippen LogP contribution in [0.25, 0.3) is 0 Å². The molecule has 1 aromatic heterocycles. The molecule has 0 saturated carbocycles. The van der Waals surface area contributed by atoms with Crippen LogP contribution in [0.3, 0.4) is 0 Å². The molecule has 1 N–H and O–H groups in total. The van der Waals surface area contributed by atoms with Crippen molar-refractivity contribution in [3.8, 4) is 0 Å². The molecule has 1 heterocycles. The highest BCUT2D eigenvalue weighted by molar-refractivity contribution is 5.72. The summed E-state index contributed by atoms with van der Waals surface area (Å²) in [5, 5.41) is 3.20. The second kappa shape index (κ2) is 7.64. The molecule has 21 heavy (non-hydrogen) atoms. The second-order valence-electron chi connectivity index (χ2n) is 5.14. The molecule has 0 spiro atoms. The van der Waals surface area contributed by atoms with Gasteiger partial charge in [-0.3, -0.25) is 4.79 Å². The number of esters is 1. The first kappa shape index (κ1) is 15.3. The summed E-state index contributed by atoms with van der Waals surface area (Å²) in [6.07, 6.45) is 0. The average Bonchev–Trinajstić information content (AvgIpc) is 2.91. The standard InChI is InChI=1S/C17H21NO3/c1-13(10-18-11-16-9-8-14(2)21-16)17(19)20-12-15-6-4-3-5-7-15/h3-9,13,18H,10-12H2,1-2H3. The highest BCUT2D eigenvalue weighted by Crippen LogP contribution is 2.07. The molecule has 0 fully saturated rings. The van der Waals surface area contributed by atoms with Crippen LogP contribution in [0.1, 0.15) is 24.0 Å². The van der Waals surface area contributed by atoms with E-state index in [0.717, 1.165) is 17.1 Å². The fourth-order valence-electron chi connectivity index (χ4n) is 1.95. The Balaban J connectivity index is 1.67. The molecule has 0 amide bonds. The number of hydrogen-bond acceptors (Lipinski definition) is 4. The van der Waals surface area contributed by atoms with Crippen LogP contribution in [0, 0.1) is 12.8 Å². The number of nitrogens with one attached hydrogen (secondary N) is 1. The van der Waals surface area contributed by atoms with Gasteiger partial charge in [-0.05, 0) is 24.6 Å². The molecule has 1 atom stereocenters. The molecule has 2 aromatic rings. The van der Waals surface area contributed by atoms with Gasteiger partial charge in [-0.2, -0.15) is 0 Å². The molecule has 0 aliphatic carbocycles. The van der Waals surface area contributed by atoms with E-state index in [1.54, 1.807) is 0 Å². The van der Waals surface area contributed by atoms with Gasteiger partial charge < -0.3 is 14.5 Å². The van der Waals surface area contributed by atoms with Crippen LogP contribution in [-0.2, 0) is 22.7 Å². The maximum atomic E-state index is 11.9. The Morgan fingerprint density at radius 1 is 1.24 bits per heavy atom. The third kappa shape index (κ3) is 5.08. The Hall–Kier alpha value is -2.07. The number of carbonyl (C=O) groups is 1. The van der Waals surface area contributed by atoms with Gasteiger partial charge in [0.05, 0.1) is 12.5 Å². The van der Waals surface area contributed by atoms with Gasteiger partial charge in [0.1, 0.15) is 18.1 Å². The van der Waals surface area contributed by atoms with Gasteiger partial charge >= 0.3 is 5.97 Å².